The molecule has 0 radical (unpaired) electrons. The lowest BCUT2D eigenvalue weighted by Crippen LogP contribution is -2.19. The summed E-state index contributed by atoms with van der Waals surface area (Å²) in [5, 5.41) is 5.61. The van der Waals surface area contributed by atoms with Gasteiger partial charge >= 0.3 is 0 Å². The van der Waals surface area contributed by atoms with E-state index in [-0.39, 0.29) is 6.04 Å². The molecule has 2 aromatic rings. The van der Waals surface area contributed by atoms with Gasteiger partial charge in [0, 0.05) is 11.6 Å². The summed E-state index contributed by atoms with van der Waals surface area (Å²) in [6, 6.07) is 7.51. The fourth-order valence-electron chi connectivity index (χ4n) is 2.13. The Hall–Kier alpha value is -1.03. The maximum atomic E-state index is 6.27. The Kier molecular flexibility index (Phi) is 4.86. The minimum Gasteiger partial charge on any atom is -0.322 e. The molecule has 2 rings (SSSR count). The molecule has 0 saturated heterocycles. The molecule has 102 valence electrons. The van der Waals surface area contributed by atoms with Crippen molar-refractivity contribution in [2.24, 2.45) is 5.73 Å². The lowest BCUT2D eigenvalue weighted by molar-refractivity contribution is 0.538. The van der Waals surface area contributed by atoms with Crippen LogP contribution in [0.2, 0.25) is 10.0 Å². The Morgan fingerprint density at radius 3 is 2.68 bits per heavy atom. The maximum Gasteiger partial charge on any atom is 0.0834 e. The average molecular weight is 298 g/mol. The Balaban J connectivity index is 2.22. The molecule has 0 aliphatic heterocycles. The second kappa shape index (κ2) is 6.42. The lowest BCUT2D eigenvalue weighted by Gasteiger charge is -2.15. The minimum absolute atomic E-state index is 0.207. The monoisotopic (exact) mass is 297 g/mol. The molecule has 5 heteroatoms. The van der Waals surface area contributed by atoms with E-state index in [1.807, 2.05) is 28.9 Å². The van der Waals surface area contributed by atoms with E-state index < -0.39 is 0 Å². The molecule has 0 aliphatic rings. The smallest absolute Gasteiger partial charge is 0.0834 e. The molecule has 0 fully saturated rings. The quantitative estimate of drug-likeness (QED) is 0.911. The van der Waals surface area contributed by atoms with Crippen molar-refractivity contribution in [3.63, 3.8) is 0 Å². The van der Waals surface area contributed by atoms with Crippen LogP contribution in [0.4, 0.5) is 0 Å². The third-order valence-electron chi connectivity index (χ3n) is 3.02. The van der Waals surface area contributed by atoms with Crippen LogP contribution >= 0.6 is 23.2 Å². The van der Waals surface area contributed by atoms with Crippen molar-refractivity contribution in [1.82, 2.24) is 9.78 Å². The molecule has 19 heavy (non-hydrogen) atoms. The van der Waals surface area contributed by atoms with E-state index in [0.29, 0.717) is 11.4 Å². The molecular weight excluding hydrogens is 281 g/mol. The molecule has 0 amide bonds. The third kappa shape index (κ3) is 3.30. The van der Waals surface area contributed by atoms with Gasteiger partial charge in [0.25, 0.3) is 0 Å². The van der Waals surface area contributed by atoms with Crippen LogP contribution in [0.25, 0.3) is 0 Å². The number of hydrogen-bond donors (Lipinski definition) is 1. The first-order valence-electron chi connectivity index (χ1n) is 6.33. The highest BCUT2D eigenvalue weighted by molar-refractivity contribution is 6.31. The zero-order chi connectivity index (χ0) is 13.8. The second-order valence-electron chi connectivity index (χ2n) is 4.50. The summed E-state index contributed by atoms with van der Waals surface area (Å²) in [6.07, 6.45) is 3.29. The van der Waals surface area contributed by atoms with E-state index in [1.54, 1.807) is 6.20 Å². The van der Waals surface area contributed by atoms with Crippen LogP contribution < -0.4 is 5.73 Å². The number of aryl methyl sites for hydroxylation is 1. The van der Waals surface area contributed by atoms with Gasteiger partial charge in [-0.15, -0.1) is 0 Å². The predicted molar refractivity (Wildman–Crippen MR) is 79.6 cm³/mol. The largest absolute Gasteiger partial charge is 0.322 e. The minimum atomic E-state index is -0.207. The molecule has 0 saturated carbocycles. The molecule has 0 spiro atoms. The van der Waals surface area contributed by atoms with E-state index in [4.69, 9.17) is 28.9 Å². The summed E-state index contributed by atoms with van der Waals surface area (Å²) in [7, 11) is 0. The fraction of sp³-hybridized carbons (Fsp3) is 0.357. The van der Waals surface area contributed by atoms with Gasteiger partial charge in [0.2, 0.25) is 0 Å². The Labute approximate surface area is 123 Å². The predicted octanol–water partition coefficient (Wildman–Crippen LogP) is 3.84. The topological polar surface area (TPSA) is 43.8 Å². The van der Waals surface area contributed by atoms with Gasteiger partial charge in [-0.1, -0.05) is 48.3 Å². The first-order chi connectivity index (χ1) is 9.13. The van der Waals surface area contributed by atoms with Gasteiger partial charge < -0.3 is 5.73 Å². The molecule has 0 bridgehead atoms. The van der Waals surface area contributed by atoms with E-state index in [2.05, 4.69) is 12.0 Å². The fourth-order valence-corrected chi connectivity index (χ4v) is 2.62. The maximum absolute atomic E-state index is 6.27. The Morgan fingerprint density at radius 2 is 2.00 bits per heavy atom. The molecule has 3 nitrogen and oxygen atoms in total. The Morgan fingerprint density at radius 1 is 1.26 bits per heavy atom. The van der Waals surface area contributed by atoms with E-state index >= 15 is 0 Å². The van der Waals surface area contributed by atoms with Crippen molar-refractivity contribution < 1.29 is 0 Å². The molecule has 1 heterocycles. The van der Waals surface area contributed by atoms with Crippen LogP contribution in [-0.2, 0) is 13.0 Å². The molecule has 2 N–H and O–H groups in total. The van der Waals surface area contributed by atoms with Crippen molar-refractivity contribution in [2.75, 3.05) is 0 Å². The summed E-state index contributed by atoms with van der Waals surface area (Å²) in [5.74, 6) is 0. The number of halogens is 2. The number of rotatable bonds is 5. The van der Waals surface area contributed by atoms with Gasteiger partial charge in [0.05, 0.1) is 23.0 Å². The molecular formula is C14H17Cl2N3. The standard InChI is InChI=1S/C14H17Cl2N3/c1-2-7-19-14(12(16)9-18-19)13(17)8-10-5-3-4-6-11(10)15/h3-6,9,13H,2,7-8,17H2,1H3. The van der Waals surface area contributed by atoms with Crippen molar-refractivity contribution in [3.05, 3.63) is 51.8 Å². The van der Waals surface area contributed by atoms with Crippen molar-refractivity contribution in [3.8, 4) is 0 Å². The normalized spacial score (nSPS) is 12.6. The highest BCUT2D eigenvalue weighted by Gasteiger charge is 2.17. The lowest BCUT2D eigenvalue weighted by atomic mass is 10.0. The SMILES string of the molecule is CCCn1ncc(Cl)c1C(N)Cc1ccccc1Cl. The number of benzene rings is 1. The number of hydrogen-bond acceptors (Lipinski definition) is 2. The number of nitrogens with two attached hydrogens (primary N) is 1. The van der Waals surface area contributed by atoms with Crippen LogP contribution in [0.5, 0.6) is 0 Å². The first-order valence-corrected chi connectivity index (χ1v) is 7.09. The van der Waals surface area contributed by atoms with Gasteiger partial charge in [-0.2, -0.15) is 5.10 Å². The summed E-state index contributed by atoms with van der Waals surface area (Å²) >= 11 is 12.3. The zero-order valence-corrected chi connectivity index (χ0v) is 12.3. The van der Waals surface area contributed by atoms with E-state index in [1.165, 1.54) is 0 Å². The Bertz CT molecular complexity index is 551. The highest BCUT2D eigenvalue weighted by atomic mass is 35.5. The van der Waals surface area contributed by atoms with Gasteiger partial charge in [0.1, 0.15) is 0 Å². The molecule has 1 unspecified atom stereocenters. The van der Waals surface area contributed by atoms with Crippen LogP contribution in [0.3, 0.4) is 0 Å². The van der Waals surface area contributed by atoms with Crippen molar-refractivity contribution in [1.29, 1.82) is 0 Å². The summed E-state index contributed by atoms with van der Waals surface area (Å²) in [4.78, 5) is 0. The second-order valence-corrected chi connectivity index (χ2v) is 5.32. The van der Waals surface area contributed by atoms with E-state index in [9.17, 15) is 0 Å². The van der Waals surface area contributed by atoms with Crippen LogP contribution in [-0.4, -0.2) is 9.78 Å². The van der Waals surface area contributed by atoms with Crippen LogP contribution in [0.15, 0.2) is 30.5 Å². The summed E-state index contributed by atoms with van der Waals surface area (Å²) in [6.45, 7) is 2.91. The molecule has 1 aromatic heterocycles. The van der Waals surface area contributed by atoms with Gasteiger partial charge in [0.15, 0.2) is 0 Å². The zero-order valence-electron chi connectivity index (χ0n) is 10.8. The van der Waals surface area contributed by atoms with Gasteiger partial charge in [-0.25, -0.2) is 0 Å². The first kappa shape index (κ1) is 14.4. The van der Waals surface area contributed by atoms with Gasteiger partial charge in [-0.3, -0.25) is 4.68 Å². The molecule has 1 atom stereocenters. The van der Waals surface area contributed by atoms with Crippen LogP contribution in [0, 0.1) is 0 Å². The van der Waals surface area contributed by atoms with E-state index in [0.717, 1.165) is 29.2 Å². The van der Waals surface area contributed by atoms with Crippen molar-refractivity contribution in [2.45, 2.75) is 32.4 Å². The molecule has 0 aliphatic carbocycles. The number of nitrogens with zero attached hydrogens (tertiary/aromatic N) is 2. The number of aromatic nitrogens is 2. The highest BCUT2D eigenvalue weighted by Crippen LogP contribution is 2.26. The third-order valence-corrected chi connectivity index (χ3v) is 3.68. The summed E-state index contributed by atoms with van der Waals surface area (Å²) in [5.41, 5.74) is 8.17. The average Bonchev–Trinajstić information content (AvgIpc) is 2.74. The van der Waals surface area contributed by atoms with Crippen LogP contribution in [0.1, 0.15) is 30.6 Å². The summed E-state index contributed by atoms with van der Waals surface area (Å²) < 4.78 is 1.88. The van der Waals surface area contributed by atoms with Crippen molar-refractivity contribution >= 4 is 23.2 Å². The van der Waals surface area contributed by atoms with Gasteiger partial charge in [-0.05, 0) is 24.5 Å². The molecule has 1 aromatic carbocycles.